The SMILES string of the molecule is Nc1cc(S(=O)(=O)Nc2ncnc(Cl)c2Cl)c(Cl)cc1F. The summed E-state index contributed by atoms with van der Waals surface area (Å²) in [4.78, 5) is 6.81. The Labute approximate surface area is 134 Å². The molecule has 0 aliphatic heterocycles. The van der Waals surface area contributed by atoms with Crippen molar-refractivity contribution in [3.05, 3.63) is 39.5 Å². The zero-order valence-corrected chi connectivity index (χ0v) is 13.0. The van der Waals surface area contributed by atoms with Gasteiger partial charge in [-0.3, -0.25) is 4.72 Å². The number of anilines is 2. The lowest BCUT2D eigenvalue weighted by Crippen LogP contribution is -2.15. The third kappa shape index (κ3) is 3.29. The van der Waals surface area contributed by atoms with Crippen molar-refractivity contribution >= 4 is 56.3 Å². The smallest absolute Gasteiger partial charge is 0.264 e. The maximum atomic E-state index is 13.2. The molecular formula is C10H6Cl3FN4O2S. The van der Waals surface area contributed by atoms with Crippen LogP contribution in [0.25, 0.3) is 0 Å². The van der Waals surface area contributed by atoms with Gasteiger partial charge in [-0.25, -0.2) is 22.8 Å². The third-order valence-electron chi connectivity index (χ3n) is 2.32. The van der Waals surface area contributed by atoms with Crippen molar-refractivity contribution in [1.29, 1.82) is 0 Å². The molecule has 3 N–H and O–H groups in total. The van der Waals surface area contributed by atoms with Crippen LogP contribution in [0.2, 0.25) is 15.2 Å². The molecule has 0 spiro atoms. The number of aromatic nitrogens is 2. The minimum absolute atomic E-state index is 0.130. The Bertz CT molecular complexity index is 816. The van der Waals surface area contributed by atoms with E-state index in [2.05, 4.69) is 14.7 Å². The molecule has 0 aliphatic rings. The molecule has 1 aromatic carbocycles. The van der Waals surface area contributed by atoms with Gasteiger partial charge in [-0.15, -0.1) is 0 Å². The molecule has 112 valence electrons. The number of nitrogens with zero attached hydrogens (tertiary/aromatic N) is 2. The maximum absolute atomic E-state index is 13.2. The van der Waals surface area contributed by atoms with Gasteiger partial charge < -0.3 is 5.73 Å². The van der Waals surface area contributed by atoms with Crippen molar-refractivity contribution in [2.75, 3.05) is 10.5 Å². The van der Waals surface area contributed by atoms with Crippen LogP contribution in [0, 0.1) is 5.82 Å². The van der Waals surface area contributed by atoms with E-state index in [1.165, 1.54) is 0 Å². The number of sulfonamides is 1. The molecule has 0 fully saturated rings. The van der Waals surface area contributed by atoms with Gasteiger partial charge in [-0.2, -0.15) is 0 Å². The fourth-order valence-corrected chi connectivity index (χ4v) is 3.26. The van der Waals surface area contributed by atoms with Gasteiger partial charge in [0.15, 0.2) is 11.0 Å². The van der Waals surface area contributed by atoms with E-state index in [0.717, 1.165) is 18.5 Å². The predicted molar refractivity (Wildman–Crippen MR) is 78.7 cm³/mol. The number of nitrogens with one attached hydrogen (secondary N) is 1. The highest BCUT2D eigenvalue weighted by atomic mass is 35.5. The summed E-state index contributed by atoms with van der Waals surface area (Å²) < 4.78 is 39.7. The monoisotopic (exact) mass is 370 g/mol. The first-order chi connectivity index (χ1) is 9.72. The highest BCUT2D eigenvalue weighted by Crippen LogP contribution is 2.30. The molecule has 11 heteroatoms. The molecular weight excluding hydrogens is 366 g/mol. The molecule has 0 saturated carbocycles. The average Bonchev–Trinajstić information content (AvgIpc) is 2.39. The van der Waals surface area contributed by atoms with Crippen LogP contribution in [-0.4, -0.2) is 18.4 Å². The average molecular weight is 372 g/mol. The standard InChI is InChI=1S/C10H6Cl3FN4O2S/c11-4-1-5(14)6(15)2-7(4)21(19,20)18-10-8(12)9(13)16-3-17-10/h1-3H,15H2,(H,16,17,18). The van der Waals surface area contributed by atoms with Crippen LogP contribution in [-0.2, 0) is 10.0 Å². The van der Waals surface area contributed by atoms with Crippen LogP contribution in [0.5, 0.6) is 0 Å². The molecule has 21 heavy (non-hydrogen) atoms. The Kier molecular flexibility index (Phi) is 4.43. The van der Waals surface area contributed by atoms with Gasteiger partial charge in [0.05, 0.1) is 10.7 Å². The van der Waals surface area contributed by atoms with E-state index in [1.54, 1.807) is 0 Å². The molecule has 0 saturated heterocycles. The number of nitrogens with two attached hydrogens (primary N) is 1. The van der Waals surface area contributed by atoms with Crippen molar-refractivity contribution < 1.29 is 12.8 Å². The lowest BCUT2D eigenvalue weighted by Gasteiger charge is -2.11. The number of nitrogen functional groups attached to an aromatic ring is 1. The maximum Gasteiger partial charge on any atom is 0.264 e. The second-order valence-electron chi connectivity index (χ2n) is 3.74. The minimum atomic E-state index is -4.18. The molecule has 6 nitrogen and oxygen atoms in total. The fourth-order valence-electron chi connectivity index (χ4n) is 1.35. The van der Waals surface area contributed by atoms with E-state index in [4.69, 9.17) is 40.5 Å². The van der Waals surface area contributed by atoms with Crippen molar-refractivity contribution in [3.63, 3.8) is 0 Å². The van der Waals surface area contributed by atoms with Crippen LogP contribution in [0.4, 0.5) is 15.9 Å². The summed E-state index contributed by atoms with van der Waals surface area (Å²) >= 11 is 17.2. The second-order valence-corrected chi connectivity index (χ2v) is 6.53. The van der Waals surface area contributed by atoms with Gasteiger partial charge >= 0.3 is 0 Å². The molecule has 1 aromatic heterocycles. The topological polar surface area (TPSA) is 98.0 Å². The van der Waals surface area contributed by atoms with Crippen LogP contribution >= 0.6 is 34.8 Å². The van der Waals surface area contributed by atoms with Crippen LogP contribution in [0.1, 0.15) is 0 Å². The number of hydrogen-bond donors (Lipinski definition) is 2. The van der Waals surface area contributed by atoms with Gasteiger partial charge in [0.1, 0.15) is 22.1 Å². The van der Waals surface area contributed by atoms with Gasteiger partial charge in [-0.05, 0) is 12.1 Å². The second kappa shape index (κ2) is 5.80. The number of halogens is 4. The zero-order chi connectivity index (χ0) is 15.8. The lowest BCUT2D eigenvalue weighted by molar-refractivity contribution is 0.600. The Morgan fingerprint density at radius 2 is 1.86 bits per heavy atom. The Hall–Kier alpha value is -1.35. The molecule has 2 aromatic rings. The number of hydrogen-bond acceptors (Lipinski definition) is 5. The van der Waals surface area contributed by atoms with Crippen LogP contribution in [0.15, 0.2) is 23.4 Å². The van der Waals surface area contributed by atoms with Crippen molar-refractivity contribution in [2.45, 2.75) is 4.90 Å². The first-order valence-electron chi connectivity index (χ1n) is 5.15. The molecule has 0 unspecified atom stereocenters. The lowest BCUT2D eigenvalue weighted by atomic mass is 10.3. The molecule has 1 heterocycles. The van der Waals surface area contributed by atoms with E-state index in [0.29, 0.717) is 0 Å². The zero-order valence-electron chi connectivity index (χ0n) is 9.94. The highest BCUT2D eigenvalue weighted by molar-refractivity contribution is 7.92. The Morgan fingerprint density at radius 1 is 1.19 bits per heavy atom. The van der Waals surface area contributed by atoms with Gasteiger partial charge in [-0.1, -0.05) is 34.8 Å². The first kappa shape index (κ1) is 16.0. The van der Waals surface area contributed by atoms with Crippen LogP contribution < -0.4 is 10.5 Å². The molecule has 2 rings (SSSR count). The van der Waals surface area contributed by atoms with Gasteiger partial charge in [0.2, 0.25) is 0 Å². The summed E-state index contributed by atoms with van der Waals surface area (Å²) in [5.74, 6) is -1.07. The summed E-state index contributed by atoms with van der Waals surface area (Å²) in [7, 11) is -4.18. The van der Waals surface area contributed by atoms with E-state index < -0.39 is 20.7 Å². The summed E-state index contributed by atoms with van der Waals surface area (Å²) in [6, 6.07) is 1.68. The van der Waals surface area contributed by atoms with Crippen molar-refractivity contribution in [2.24, 2.45) is 0 Å². The van der Waals surface area contributed by atoms with E-state index >= 15 is 0 Å². The molecule has 0 amide bonds. The third-order valence-corrected chi connectivity index (χ3v) is 4.86. The van der Waals surface area contributed by atoms with Gasteiger partial charge in [0.25, 0.3) is 10.0 Å². The van der Waals surface area contributed by atoms with Gasteiger partial charge in [0, 0.05) is 0 Å². The number of rotatable bonds is 3. The van der Waals surface area contributed by atoms with E-state index in [9.17, 15) is 12.8 Å². The van der Waals surface area contributed by atoms with E-state index in [1.807, 2.05) is 0 Å². The quantitative estimate of drug-likeness (QED) is 0.638. The largest absolute Gasteiger partial charge is 0.396 e. The fraction of sp³-hybridized carbons (Fsp3) is 0. The summed E-state index contributed by atoms with van der Waals surface area (Å²) in [6.07, 6.45) is 1.02. The summed E-state index contributed by atoms with van der Waals surface area (Å²) in [5.41, 5.74) is 4.97. The van der Waals surface area contributed by atoms with Crippen molar-refractivity contribution in [1.82, 2.24) is 9.97 Å². The first-order valence-corrected chi connectivity index (χ1v) is 7.77. The summed E-state index contributed by atoms with van der Waals surface area (Å²) in [5, 5.41) is -0.659. The Balaban J connectivity index is 2.48. The predicted octanol–water partition coefficient (Wildman–Crippen LogP) is 2.96. The van der Waals surface area contributed by atoms with E-state index in [-0.39, 0.29) is 26.7 Å². The molecule has 0 radical (unpaired) electrons. The Morgan fingerprint density at radius 3 is 2.52 bits per heavy atom. The van der Waals surface area contributed by atoms with Crippen LogP contribution in [0.3, 0.4) is 0 Å². The number of benzene rings is 1. The molecule has 0 aliphatic carbocycles. The normalized spacial score (nSPS) is 11.4. The minimum Gasteiger partial charge on any atom is -0.396 e. The molecule has 0 atom stereocenters. The molecule has 0 bridgehead atoms. The highest BCUT2D eigenvalue weighted by Gasteiger charge is 2.22. The van der Waals surface area contributed by atoms with Crippen molar-refractivity contribution in [3.8, 4) is 0 Å². The summed E-state index contributed by atoms with van der Waals surface area (Å²) in [6.45, 7) is 0.